The van der Waals surface area contributed by atoms with Crippen LogP contribution in [-0.2, 0) is 9.31 Å². The number of benzene rings is 4. The fraction of sp³-hybridized carbons (Fsp3) is 0.159. The Morgan fingerprint density at radius 3 is 1.81 bits per heavy atom. The molecule has 29 heteroatoms. The van der Waals surface area contributed by atoms with Crippen LogP contribution in [0.15, 0.2) is 118 Å². The zero-order valence-corrected chi connectivity index (χ0v) is 38.6. The fourth-order valence-corrected chi connectivity index (χ4v) is 7.31. The monoisotopic (exact) mass is 1130 g/mol. The van der Waals surface area contributed by atoms with Gasteiger partial charge in [0.15, 0.2) is 17.2 Å². The second-order valence-corrected chi connectivity index (χ2v) is 16.1. The van der Waals surface area contributed by atoms with Crippen molar-refractivity contribution in [3.63, 3.8) is 0 Å². The van der Waals surface area contributed by atoms with Crippen molar-refractivity contribution < 1.29 is 56.7 Å². The molecule has 73 heavy (non-hydrogen) atoms. The highest BCUT2D eigenvalue weighted by Crippen LogP contribution is 2.27. The van der Waals surface area contributed by atoms with Crippen LogP contribution in [0.4, 0.5) is 26.1 Å². The van der Waals surface area contributed by atoms with Crippen molar-refractivity contribution in [2.75, 3.05) is 36.8 Å². The molecular formula is C44H44B2Br2F2N12O11. The number of anilines is 2. The number of aliphatic imine (C=N–C) groups is 1. The Bertz CT molecular complexity index is 3230. The number of halogens is 4. The van der Waals surface area contributed by atoms with Crippen LogP contribution in [-0.4, -0.2) is 104 Å². The Hall–Kier alpha value is -7.98. The van der Waals surface area contributed by atoms with E-state index in [1.54, 1.807) is 48.6 Å². The third-order valence-electron chi connectivity index (χ3n) is 9.98. The second-order valence-electron chi connectivity index (χ2n) is 14.4. The maximum atomic E-state index is 13.6. The summed E-state index contributed by atoms with van der Waals surface area (Å²) in [4.78, 5) is 41.4. The van der Waals surface area contributed by atoms with Crippen LogP contribution in [0.3, 0.4) is 0 Å². The van der Waals surface area contributed by atoms with Gasteiger partial charge in [-0.3, -0.25) is 24.8 Å². The summed E-state index contributed by atoms with van der Waals surface area (Å²) in [5.74, 6) is -2.27. The van der Waals surface area contributed by atoms with E-state index in [0.717, 1.165) is 15.7 Å². The number of aromatic nitrogens is 6. The molecular weight excluding hydrogens is 1090 g/mol. The first-order valence-electron chi connectivity index (χ1n) is 20.3. The predicted molar refractivity (Wildman–Crippen MR) is 273 cm³/mol. The summed E-state index contributed by atoms with van der Waals surface area (Å²) in [5.41, 5.74) is 5.93. The molecule has 2 aliphatic rings. The Balaban J connectivity index is 0.000000260. The van der Waals surface area contributed by atoms with Gasteiger partial charge in [0, 0.05) is 48.2 Å². The Morgan fingerprint density at radius 2 is 1.23 bits per heavy atom. The van der Waals surface area contributed by atoms with Gasteiger partial charge in [0.05, 0.1) is 32.8 Å². The number of nitrogens with zero attached hydrogens (tertiary/aromatic N) is 7. The van der Waals surface area contributed by atoms with Gasteiger partial charge in [0.1, 0.15) is 11.6 Å². The molecule has 3 aromatic heterocycles. The molecule has 7 aromatic rings. The van der Waals surface area contributed by atoms with E-state index in [0.29, 0.717) is 27.7 Å². The van der Waals surface area contributed by atoms with Gasteiger partial charge in [-0.1, -0.05) is 39.6 Å². The zero-order chi connectivity index (χ0) is 49.3. The number of amidine groups is 1. The molecule has 2 aliphatic heterocycles. The van der Waals surface area contributed by atoms with Gasteiger partial charge in [-0.15, -0.1) is 0 Å². The van der Waals surface area contributed by atoms with Crippen molar-refractivity contribution >= 4 is 104 Å². The molecule has 0 bridgehead atoms. The van der Waals surface area contributed by atoms with Gasteiger partial charge in [-0.05, 0) is 136 Å². The zero-order valence-electron chi connectivity index (χ0n) is 35.5. The maximum Gasteiger partial charge on any atom is 0.560 e. The van der Waals surface area contributed by atoms with Crippen LogP contribution < -0.4 is 43.4 Å². The van der Waals surface area contributed by atoms with Crippen molar-refractivity contribution in [2.45, 2.75) is 22.3 Å². The average molecular weight is 1140 g/mol. The van der Waals surface area contributed by atoms with Crippen molar-refractivity contribution in [3.05, 3.63) is 144 Å². The number of hydrogen-bond donors (Lipinski definition) is 8. The van der Waals surface area contributed by atoms with Crippen LogP contribution >= 0.6 is 31.9 Å². The smallest absolute Gasteiger partial charge is 0.538 e. The number of amides is 2. The predicted octanol–water partition coefficient (Wildman–Crippen LogP) is 4.77. The van der Waals surface area contributed by atoms with E-state index >= 15 is 0 Å². The molecule has 8 N–H and O–H groups in total. The summed E-state index contributed by atoms with van der Waals surface area (Å²) in [6.07, 6.45) is 6.18. The summed E-state index contributed by atoms with van der Waals surface area (Å²) < 4.78 is 52.9. The van der Waals surface area contributed by atoms with E-state index in [1.807, 2.05) is 5.48 Å². The lowest BCUT2D eigenvalue weighted by Gasteiger charge is -2.15. The SMILES string of the molecule is C.C.C.O=C(NCCNc1nonc1-c1noc(=O)n1-c1ccc(F)c(Br)c1)c1ccc2c(c1)B(O)OC=C2.O=C(NCCNc1nonc1C(=Nc1ccc(F)c(Br)c1)NO)c1ccc2c(c1)B(O)OC=C2. The minimum absolute atomic E-state index is 0. The van der Waals surface area contributed by atoms with E-state index < -0.39 is 31.6 Å². The normalized spacial score (nSPS) is 12.0. The van der Waals surface area contributed by atoms with Gasteiger partial charge in [-0.2, -0.15) is 0 Å². The lowest BCUT2D eigenvalue weighted by atomic mass is 9.74. The number of hydrogen-bond acceptors (Lipinski definition) is 19. The highest BCUT2D eigenvalue weighted by Gasteiger charge is 2.27. The first kappa shape index (κ1) is 55.9. The highest BCUT2D eigenvalue weighted by atomic mass is 79.9. The average Bonchev–Trinajstić information content (AvgIpc) is 4.13. The molecule has 4 aromatic carbocycles. The lowest BCUT2D eigenvalue weighted by molar-refractivity contribution is 0.0947. The van der Waals surface area contributed by atoms with E-state index in [4.69, 9.17) is 23.1 Å². The van der Waals surface area contributed by atoms with Crippen molar-refractivity contribution in [2.24, 2.45) is 4.99 Å². The van der Waals surface area contributed by atoms with E-state index in [9.17, 15) is 38.4 Å². The van der Waals surface area contributed by atoms with E-state index in [1.165, 1.54) is 48.9 Å². The fourth-order valence-electron chi connectivity index (χ4n) is 6.58. The van der Waals surface area contributed by atoms with Crippen LogP contribution in [0.1, 0.15) is 59.8 Å². The molecule has 0 atom stereocenters. The number of carbonyl (C=O) groups excluding carboxylic acids is 2. The molecule has 5 heterocycles. The number of nitrogens with one attached hydrogen (secondary N) is 5. The molecule has 0 radical (unpaired) electrons. The molecule has 9 rings (SSSR count). The summed E-state index contributed by atoms with van der Waals surface area (Å²) in [6.45, 7) is 0.868. The van der Waals surface area contributed by atoms with E-state index in [-0.39, 0.29) is 110 Å². The quantitative estimate of drug-likeness (QED) is 0.0239. The number of rotatable bonds is 14. The van der Waals surface area contributed by atoms with Crippen molar-refractivity contribution in [3.8, 4) is 17.2 Å². The van der Waals surface area contributed by atoms with Gasteiger partial charge in [0.25, 0.3) is 11.8 Å². The summed E-state index contributed by atoms with van der Waals surface area (Å²) >= 11 is 6.15. The second kappa shape index (κ2) is 25.4. The first-order valence-corrected chi connectivity index (χ1v) is 21.9. The molecule has 0 aliphatic carbocycles. The Labute approximate surface area is 431 Å². The third kappa shape index (κ3) is 13.1. The molecule has 23 nitrogen and oxygen atoms in total. The van der Waals surface area contributed by atoms with Crippen LogP contribution in [0.5, 0.6) is 0 Å². The topological polar surface area (TPSA) is 312 Å². The summed E-state index contributed by atoms with van der Waals surface area (Å²) in [6, 6.07) is 17.8. The Morgan fingerprint density at radius 1 is 0.685 bits per heavy atom. The Kier molecular flexibility index (Phi) is 19.5. The molecule has 0 spiro atoms. The number of carbonyl (C=O) groups is 2. The van der Waals surface area contributed by atoms with Gasteiger partial charge < -0.3 is 40.6 Å². The molecule has 0 saturated carbocycles. The van der Waals surface area contributed by atoms with E-state index in [2.05, 4.69) is 83.9 Å². The maximum absolute atomic E-state index is 13.6. The number of fused-ring (bicyclic) bond motifs is 2. The largest absolute Gasteiger partial charge is 0.560 e. The summed E-state index contributed by atoms with van der Waals surface area (Å²) in [5, 5.41) is 59.4. The molecule has 0 unspecified atom stereocenters. The van der Waals surface area contributed by atoms with Gasteiger partial charge >= 0.3 is 20.0 Å². The molecule has 0 fully saturated rings. The summed E-state index contributed by atoms with van der Waals surface area (Å²) in [7, 11) is -2.26. The molecule has 0 saturated heterocycles. The number of hydroxylamine groups is 1. The first-order chi connectivity index (χ1) is 33.9. The van der Waals surface area contributed by atoms with Gasteiger partial charge in [0.2, 0.25) is 17.5 Å². The molecule has 380 valence electrons. The van der Waals surface area contributed by atoms with Gasteiger partial charge in [-0.25, -0.2) is 32.4 Å². The van der Waals surface area contributed by atoms with Crippen LogP contribution in [0, 0.1) is 11.6 Å². The highest BCUT2D eigenvalue weighted by molar-refractivity contribution is 9.10. The lowest BCUT2D eigenvalue weighted by Crippen LogP contribution is -2.37. The van der Waals surface area contributed by atoms with Crippen LogP contribution in [0.25, 0.3) is 29.4 Å². The molecule has 2 amide bonds. The van der Waals surface area contributed by atoms with Crippen molar-refractivity contribution in [1.82, 2.24) is 46.5 Å². The third-order valence-corrected chi connectivity index (χ3v) is 11.2. The van der Waals surface area contributed by atoms with Crippen molar-refractivity contribution in [1.29, 1.82) is 0 Å². The minimum atomic E-state index is -1.14. The minimum Gasteiger partial charge on any atom is -0.538 e. The standard InChI is InChI=1S/C21H15BBrFN6O6.C20H17BBrFN6O5.3CH4/c23-15-10-13(3-4-16(15)24)30-19(29-35-21(30)32)17-18(28-36-27-17)25-6-7-26-20(31)12-2-1-11-5-8-34-22(33)14(11)9-12;22-15-10-13(3-4-16(15)23)26-19(27-32)17-18(29-34-28-17)24-6-7-25-20(30)12-2-1-11-5-8-33-21(31)14(11)9-12;;;/h1-5,8-10,33H,6-7H2,(H,25,28)(H,26,31);1-5,8-10,31-32H,6-7H2,(H,24,29)(H,25,30)(H,26,27);3*1H4. The van der Waals surface area contributed by atoms with Crippen LogP contribution in [0.2, 0.25) is 0 Å².